The molecule has 0 aromatic heterocycles. The van der Waals surface area contributed by atoms with Gasteiger partial charge in [0, 0.05) is 6.04 Å². The lowest BCUT2D eigenvalue weighted by Gasteiger charge is -2.30. The quantitative estimate of drug-likeness (QED) is 0.787. The van der Waals surface area contributed by atoms with Crippen molar-refractivity contribution in [1.82, 2.24) is 0 Å². The number of nitrogen functional groups attached to an aromatic ring is 1. The van der Waals surface area contributed by atoms with Crippen LogP contribution in [0.4, 0.5) is 15.8 Å². The molecule has 0 aliphatic heterocycles. The van der Waals surface area contributed by atoms with E-state index in [1.165, 1.54) is 44.6 Å². The molecule has 1 aliphatic carbocycles. The van der Waals surface area contributed by atoms with Crippen molar-refractivity contribution in [3.63, 3.8) is 0 Å². The zero-order valence-corrected chi connectivity index (χ0v) is 11.1. The van der Waals surface area contributed by atoms with E-state index in [0.29, 0.717) is 6.04 Å². The summed E-state index contributed by atoms with van der Waals surface area (Å²) in [7, 11) is 0. The molecule has 2 nitrogen and oxygen atoms in total. The van der Waals surface area contributed by atoms with Gasteiger partial charge in [0.25, 0.3) is 0 Å². The summed E-state index contributed by atoms with van der Waals surface area (Å²) in [5.41, 5.74) is 6.73. The first-order chi connectivity index (χ1) is 8.70. The van der Waals surface area contributed by atoms with Crippen LogP contribution in [0.5, 0.6) is 0 Å². The molecule has 3 N–H and O–H groups in total. The molecule has 0 atom stereocenters. The van der Waals surface area contributed by atoms with E-state index in [9.17, 15) is 4.39 Å². The molecule has 0 spiro atoms. The molecule has 1 fully saturated rings. The Morgan fingerprint density at radius 3 is 2.67 bits per heavy atom. The lowest BCUT2D eigenvalue weighted by molar-refractivity contribution is 0.319. The Balaban J connectivity index is 1.90. The van der Waals surface area contributed by atoms with Crippen LogP contribution in [-0.4, -0.2) is 6.04 Å². The number of nitrogens with one attached hydrogen (secondary N) is 1. The second kappa shape index (κ2) is 6.07. The molecule has 1 aromatic rings. The maximum atomic E-state index is 13.3. The minimum absolute atomic E-state index is 0.244. The molecule has 1 saturated carbocycles. The van der Waals surface area contributed by atoms with Crippen LogP contribution in [0.15, 0.2) is 18.2 Å². The van der Waals surface area contributed by atoms with Gasteiger partial charge in [-0.3, -0.25) is 0 Å². The maximum absolute atomic E-state index is 13.3. The number of halogens is 1. The summed E-state index contributed by atoms with van der Waals surface area (Å²) in [5.74, 6) is 0.553. The van der Waals surface area contributed by atoms with Gasteiger partial charge >= 0.3 is 0 Å². The highest BCUT2D eigenvalue weighted by Gasteiger charge is 2.21. The van der Waals surface area contributed by atoms with Crippen LogP contribution in [0.1, 0.15) is 45.4 Å². The van der Waals surface area contributed by atoms with Crippen molar-refractivity contribution >= 4 is 11.4 Å². The third kappa shape index (κ3) is 3.15. The molecule has 0 saturated heterocycles. The molecule has 2 rings (SSSR count). The minimum atomic E-state index is -0.334. The first kappa shape index (κ1) is 13.2. The van der Waals surface area contributed by atoms with Crippen LogP contribution in [-0.2, 0) is 0 Å². The normalized spacial score (nSPS) is 23.9. The van der Waals surface area contributed by atoms with Gasteiger partial charge in [0.2, 0.25) is 0 Å². The summed E-state index contributed by atoms with van der Waals surface area (Å²) < 4.78 is 13.3. The van der Waals surface area contributed by atoms with Crippen LogP contribution >= 0.6 is 0 Å². The fourth-order valence-corrected chi connectivity index (χ4v) is 2.89. The number of hydrogen-bond donors (Lipinski definition) is 2. The number of para-hydroxylation sites is 1. The van der Waals surface area contributed by atoms with E-state index in [1.807, 2.05) is 6.07 Å². The van der Waals surface area contributed by atoms with Gasteiger partial charge in [0.1, 0.15) is 5.82 Å². The smallest absolute Gasteiger partial charge is 0.148 e. The van der Waals surface area contributed by atoms with Crippen LogP contribution in [0.2, 0.25) is 0 Å². The predicted molar refractivity (Wildman–Crippen MR) is 75.1 cm³/mol. The Kier molecular flexibility index (Phi) is 4.45. The van der Waals surface area contributed by atoms with E-state index >= 15 is 0 Å². The molecule has 1 aromatic carbocycles. The molecule has 18 heavy (non-hydrogen) atoms. The fourth-order valence-electron chi connectivity index (χ4n) is 2.89. The summed E-state index contributed by atoms with van der Waals surface area (Å²) in [6, 6.07) is 5.41. The Labute approximate surface area is 109 Å². The summed E-state index contributed by atoms with van der Waals surface area (Å²) in [6.45, 7) is 2.25. The van der Waals surface area contributed by atoms with E-state index in [-0.39, 0.29) is 11.5 Å². The van der Waals surface area contributed by atoms with Crippen LogP contribution < -0.4 is 11.1 Å². The molecule has 0 amide bonds. The van der Waals surface area contributed by atoms with Gasteiger partial charge in [-0.2, -0.15) is 0 Å². The SMILES string of the molecule is CCCC1CCC(Nc2cccc(F)c2N)CC1. The van der Waals surface area contributed by atoms with Crippen molar-refractivity contribution < 1.29 is 4.39 Å². The standard InChI is InChI=1S/C15H23FN2/c1-2-4-11-7-9-12(10-8-11)18-14-6-3-5-13(16)15(14)17/h3,5-6,11-12,18H,2,4,7-10,17H2,1H3. The zero-order valence-electron chi connectivity index (χ0n) is 11.1. The van der Waals surface area contributed by atoms with Crippen molar-refractivity contribution in [3.05, 3.63) is 24.0 Å². The van der Waals surface area contributed by atoms with Gasteiger partial charge in [-0.05, 0) is 43.7 Å². The number of anilines is 2. The number of hydrogen-bond acceptors (Lipinski definition) is 2. The largest absolute Gasteiger partial charge is 0.395 e. The minimum Gasteiger partial charge on any atom is -0.395 e. The molecule has 100 valence electrons. The van der Waals surface area contributed by atoms with Crippen LogP contribution in [0.25, 0.3) is 0 Å². The van der Waals surface area contributed by atoms with Gasteiger partial charge in [-0.25, -0.2) is 4.39 Å². The summed E-state index contributed by atoms with van der Waals surface area (Å²) in [6.07, 6.45) is 7.51. The predicted octanol–water partition coefficient (Wildman–Crippen LogP) is 4.18. The lowest BCUT2D eigenvalue weighted by Crippen LogP contribution is -2.26. The molecule has 3 heteroatoms. The molecule has 0 unspecified atom stereocenters. The monoisotopic (exact) mass is 250 g/mol. The second-order valence-electron chi connectivity index (χ2n) is 5.35. The van der Waals surface area contributed by atoms with Gasteiger partial charge in [0.05, 0.1) is 11.4 Å². The Bertz CT molecular complexity index is 384. The fraction of sp³-hybridized carbons (Fsp3) is 0.600. The maximum Gasteiger partial charge on any atom is 0.148 e. The van der Waals surface area contributed by atoms with Gasteiger partial charge in [0.15, 0.2) is 0 Å². The molecule has 0 bridgehead atoms. The van der Waals surface area contributed by atoms with E-state index < -0.39 is 0 Å². The summed E-state index contributed by atoms with van der Waals surface area (Å²) >= 11 is 0. The molecular weight excluding hydrogens is 227 g/mol. The number of rotatable bonds is 4. The van der Waals surface area contributed by atoms with Crippen LogP contribution in [0.3, 0.4) is 0 Å². The van der Waals surface area contributed by atoms with Crippen molar-refractivity contribution in [3.8, 4) is 0 Å². The Hall–Kier alpha value is -1.25. The first-order valence-electron chi connectivity index (χ1n) is 7.01. The third-order valence-electron chi connectivity index (χ3n) is 3.96. The van der Waals surface area contributed by atoms with Crippen molar-refractivity contribution in [2.75, 3.05) is 11.1 Å². The van der Waals surface area contributed by atoms with Gasteiger partial charge in [-0.15, -0.1) is 0 Å². The topological polar surface area (TPSA) is 38.0 Å². The van der Waals surface area contributed by atoms with E-state index in [2.05, 4.69) is 12.2 Å². The van der Waals surface area contributed by atoms with Crippen molar-refractivity contribution in [2.45, 2.75) is 51.5 Å². The third-order valence-corrected chi connectivity index (χ3v) is 3.96. The Morgan fingerprint density at radius 2 is 2.00 bits per heavy atom. The average molecular weight is 250 g/mol. The van der Waals surface area contributed by atoms with Crippen molar-refractivity contribution in [2.24, 2.45) is 5.92 Å². The highest BCUT2D eigenvalue weighted by Crippen LogP contribution is 2.31. The van der Waals surface area contributed by atoms with E-state index in [0.717, 1.165) is 11.6 Å². The highest BCUT2D eigenvalue weighted by atomic mass is 19.1. The summed E-state index contributed by atoms with van der Waals surface area (Å²) in [5, 5.41) is 3.39. The second-order valence-corrected chi connectivity index (χ2v) is 5.35. The lowest BCUT2D eigenvalue weighted by atomic mass is 9.83. The van der Waals surface area contributed by atoms with Gasteiger partial charge in [-0.1, -0.05) is 25.8 Å². The average Bonchev–Trinajstić information content (AvgIpc) is 2.38. The Morgan fingerprint density at radius 1 is 1.28 bits per heavy atom. The van der Waals surface area contributed by atoms with E-state index in [1.54, 1.807) is 6.07 Å². The molecule has 0 heterocycles. The van der Waals surface area contributed by atoms with Crippen LogP contribution in [0, 0.1) is 11.7 Å². The molecular formula is C15H23FN2. The molecule has 0 radical (unpaired) electrons. The molecule has 1 aliphatic rings. The number of benzene rings is 1. The highest BCUT2D eigenvalue weighted by molar-refractivity contribution is 5.66. The zero-order chi connectivity index (χ0) is 13.0. The number of nitrogens with two attached hydrogens (primary N) is 1. The van der Waals surface area contributed by atoms with Crippen molar-refractivity contribution in [1.29, 1.82) is 0 Å². The van der Waals surface area contributed by atoms with Gasteiger partial charge < -0.3 is 11.1 Å². The van der Waals surface area contributed by atoms with E-state index in [4.69, 9.17) is 5.73 Å². The summed E-state index contributed by atoms with van der Waals surface area (Å²) in [4.78, 5) is 0. The first-order valence-corrected chi connectivity index (χ1v) is 7.01.